The fraction of sp³-hybridized carbons (Fsp3) is 0.235. The van der Waals surface area contributed by atoms with E-state index in [1.807, 2.05) is 30.3 Å². The van der Waals surface area contributed by atoms with Crippen LogP contribution in [0.4, 0.5) is 16.2 Å². The molecule has 0 saturated heterocycles. The van der Waals surface area contributed by atoms with E-state index in [1.54, 1.807) is 0 Å². The third kappa shape index (κ3) is 3.54. The van der Waals surface area contributed by atoms with E-state index < -0.39 is 6.03 Å². The van der Waals surface area contributed by atoms with Crippen molar-refractivity contribution in [3.63, 3.8) is 0 Å². The predicted molar refractivity (Wildman–Crippen MR) is 85.2 cm³/mol. The topological polar surface area (TPSA) is 67.2 Å². The van der Waals surface area contributed by atoms with E-state index in [1.165, 1.54) is 18.4 Å². The van der Waals surface area contributed by atoms with Crippen molar-refractivity contribution in [2.45, 2.75) is 18.9 Å². The Kier molecular flexibility index (Phi) is 3.77. The Labute approximate surface area is 124 Å². The summed E-state index contributed by atoms with van der Waals surface area (Å²) in [6.45, 7) is 0. The van der Waals surface area contributed by atoms with Crippen molar-refractivity contribution in [3.05, 3.63) is 60.2 Å². The lowest BCUT2D eigenvalue weighted by Crippen LogP contribution is -2.19. The van der Waals surface area contributed by atoms with Crippen LogP contribution in [0.25, 0.3) is 0 Å². The minimum Gasteiger partial charge on any atom is -0.378 e. The van der Waals surface area contributed by atoms with Crippen LogP contribution in [0.3, 0.4) is 0 Å². The smallest absolute Gasteiger partial charge is 0.316 e. The molecule has 108 valence electrons. The average molecular weight is 281 g/mol. The zero-order valence-electron chi connectivity index (χ0n) is 11.8. The second-order valence-electron chi connectivity index (χ2n) is 5.44. The number of nitrogens with two attached hydrogens (primary N) is 1. The quantitative estimate of drug-likeness (QED) is 0.781. The second-order valence-corrected chi connectivity index (χ2v) is 5.44. The molecular weight excluding hydrogens is 262 g/mol. The predicted octanol–water partition coefficient (Wildman–Crippen LogP) is 3.74. The van der Waals surface area contributed by atoms with Crippen LogP contribution in [0.2, 0.25) is 0 Å². The van der Waals surface area contributed by atoms with Crippen LogP contribution in [0.15, 0.2) is 54.6 Å². The Morgan fingerprint density at radius 3 is 2.19 bits per heavy atom. The molecule has 1 aliphatic carbocycles. The van der Waals surface area contributed by atoms with E-state index in [2.05, 4.69) is 34.9 Å². The van der Waals surface area contributed by atoms with Crippen molar-refractivity contribution in [2.24, 2.45) is 11.7 Å². The molecule has 0 spiro atoms. The molecule has 0 bridgehead atoms. The van der Waals surface area contributed by atoms with E-state index in [-0.39, 0.29) is 0 Å². The molecule has 4 heteroatoms. The molecule has 1 aliphatic rings. The van der Waals surface area contributed by atoms with Crippen molar-refractivity contribution >= 4 is 17.4 Å². The maximum atomic E-state index is 10.8. The number of rotatable bonds is 5. The molecule has 1 unspecified atom stereocenters. The molecule has 1 saturated carbocycles. The zero-order valence-corrected chi connectivity index (χ0v) is 11.8. The van der Waals surface area contributed by atoms with Gasteiger partial charge in [-0.3, -0.25) is 0 Å². The first-order chi connectivity index (χ1) is 10.2. The number of anilines is 2. The summed E-state index contributed by atoms with van der Waals surface area (Å²) in [6, 6.07) is 17.9. The lowest BCUT2D eigenvalue weighted by molar-refractivity contribution is 0.259. The molecular formula is C17H19N3O. The van der Waals surface area contributed by atoms with Crippen molar-refractivity contribution in [2.75, 3.05) is 10.6 Å². The van der Waals surface area contributed by atoms with Gasteiger partial charge in [0.2, 0.25) is 0 Å². The summed E-state index contributed by atoms with van der Waals surface area (Å²) in [6.07, 6.45) is 2.54. The molecule has 0 aliphatic heterocycles. The van der Waals surface area contributed by atoms with Gasteiger partial charge in [0.15, 0.2) is 0 Å². The molecule has 2 amide bonds. The van der Waals surface area contributed by atoms with Gasteiger partial charge in [-0.25, -0.2) is 4.79 Å². The second kappa shape index (κ2) is 5.87. The summed E-state index contributed by atoms with van der Waals surface area (Å²) < 4.78 is 0. The van der Waals surface area contributed by atoms with Crippen molar-refractivity contribution < 1.29 is 4.79 Å². The molecule has 0 radical (unpaired) electrons. The molecule has 1 fully saturated rings. The van der Waals surface area contributed by atoms with Gasteiger partial charge in [0, 0.05) is 11.4 Å². The first-order valence-electron chi connectivity index (χ1n) is 7.20. The first-order valence-corrected chi connectivity index (χ1v) is 7.20. The van der Waals surface area contributed by atoms with Gasteiger partial charge < -0.3 is 16.4 Å². The molecule has 2 aromatic rings. The summed E-state index contributed by atoms with van der Waals surface area (Å²) in [4.78, 5) is 10.8. The summed E-state index contributed by atoms with van der Waals surface area (Å²) in [5.41, 5.74) is 8.17. The minimum atomic E-state index is -0.546. The monoisotopic (exact) mass is 281 g/mol. The number of hydrogen-bond donors (Lipinski definition) is 3. The van der Waals surface area contributed by atoms with Gasteiger partial charge in [-0.15, -0.1) is 0 Å². The lowest BCUT2D eigenvalue weighted by atomic mass is 10.0. The van der Waals surface area contributed by atoms with Gasteiger partial charge >= 0.3 is 6.03 Å². The molecule has 3 rings (SSSR count). The minimum absolute atomic E-state index is 0.348. The highest BCUT2D eigenvalue weighted by Gasteiger charge is 2.32. The Hall–Kier alpha value is -2.49. The van der Waals surface area contributed by atoms with Crippen molar-refractivity contribution in [1.29, 1.82) is 0 Å². The van der Waals surface area contributed by atoms with E-state index in [4.69, 9.17) is 5.73 Å². The zero-order chi connectivity index (χ0) is 14.7. The van der Waals surface area contributed by atoms with Crippen LogP contribution >= 0.6 is 0 Å². The molecule has 0 aromatic heterocycles. The van der Waals surface area contributed by atoms with Gasteiger partial charge in [-0.05, 0) is 48.6 Å². The normalized spacial score (nSPS) is 15.2. The largest absolute Gasteiger partial charge is 0.378 e. The number of nitrogens with one attached hydrogen (secondary N) is 2. The number of primary amides is 1. The van der Waals surface area contributed by atoms with E-state index in [0.717, 1.165) is 5.69 Å². The van der Waals surface area contributed by atoms with Gasteiger partial charge in [0.05, 0.1) is 6.04 Å². The SMILES string of the molecule is NC(=O)Nc1ccc(NC(c2ccccc2)C2CC2)cc1. The molecule has 4 N–H and O–H groups in total. The van der Waals surface area contributed by atoms with Gasteiger partial charge in [0.1, 0.15) is 0 Å². The van der Waals surface area contributed by atoms with Crippen LogP contribution in [0.5, 0.6) is 0 Å². The fourth-order valence-corrected chi connectivity index (χ4v) is 2.53. The summed E-state index contributed by atoms with van der Waals surface area (Å²) in [7, 11) is 0. The van der Waals surface area contributed by atoms with Crippen LogP contribution in [0.1, 0.15) is 24.4 Å². The molecule has 21 heavy (non-hydrogen) atoms. The Balaban J connectivity index is 1.73. The van der Waals surface area contributed by atoms with Crippen LogP contribution in [-0.4, -0.2) is 6.03 Å². The Bertz CT molecular complexity index is 606. The number of benzene rings is 2. The molecule has 2 aromatic carbocycles. The fourth-order valence-electron chi connectivity index (χ4n) is 2.53. The maximum Gasteiger partial charge on any atom is 0.316 e. The number of urea groups is 1. The van der Waals surface area contributed by atoms with E-state index >= 15 is 0 Å². The summed E-state index contributed by atoms with van der Waals surface area (Å²) in [5, 5.41) is 6.16. The number of hydrogen-bond acceptors (Lipinski definition) is 2. The standard InChI is InChI=1S/C17H19N3O/c18-17(21)20-15-10-8-14(9-11-15)19-16(13-6-7-13)12-4-2-1-3-5-12/h1-5,8-11,13,16,19H,6-7H2,(H3,18,20,21). The van der Waals surface area contributed by atoms with E-state index in [0.29, 0.717) is 17.6 Å². The third-order valence-corrected chi connectivity index (χ3v) is 3.73. The van der Waals surface area contributed by atoms with Crippen LogP contribution in [0, 0.1) is 5.92 Å². The lowest BCUT2D eigenvalue weighted by Gasteiger charge is -2.20. The highest BCUT2D eigenvalue weighted by atomic mass is 16.2. The highest BCUT2D eigenvalue weighted by Crippen LogP contribution is 2.42. The molecule has 4 nitrogen and oxygen atoms in total. The van der Waals surface area contributed by atoms with Gasteiger partial charge in [-0.2, -0.15) is 0 Å². The number of amides is 2. The van der Waals surface area contributed by atoms with Crippen LogP contribution in [-0.2, 0) is 0 Å². The summed E-state index contributed by atoms with van der Waals surface area (Å²) in [5.74, 6) is 0.704. The average Bonchev–Trinajstić information content (AvgIpc) is 3.31. The van der Waals surface area contributed by atoms with Crippen molar-refractivity contribution in [1.82, 2.24) is 0 Å². The number of carbonyl (C=O) groups excluding carboxylic acids is 1. The van der Waals surface area contributed by atoms with Crippen molar-refractivity contribution in [3.8, 4) is 0 Å². The van der Waals surface area contributed by atoms with E-state index in [9.17, 15) is 4.79 Å². The Morgan fingerprint density at radius 2 is 1.62 bits per heavy atom. The van der Waals surface area contributed by atoms with Gasteiger partial charge in [0.25, 0.3) is 0 Å². The van der Waals surface area contributed by atoms with Crippen LogP contribution < -0.4 is 16.4 Å². The highest BCUT2D eigenvalue weighted by molar-refractivity contribution is 5.87. The summed E-state index contributed by atoms with van der Waals surface area (Å²) >= 11 is 0. The Morgan fingerprint density at radius 1 is 1.00 bits per heavy atom. The molecule has 0 heterocycles. The number of carbonyl (C=O) groups is 1. The first kappa shape index (κ1) is 13.5. The van der Waals surface area contributed by atoms with Gasteiger partial charge in [-0.1, -0.05) is 30.3 Å². The third-order valence-electron chi connectivity index (χ3n) is 3.73. The maximum absolute atomic E-state index is 10.8. The molecule has 1 atom stereocenters.